The van der Waals surface area contributed by atoms with Gasteiger partial charge in [-0.15, -0.1) is 0 Å². The smallest absolute Gasteiger partial charge is 0.265 e. The van der Waals surface area contributed by atoms with Crippen molar-refractivity contribution in [2.45, 2.75) is 17.9 Å². The highest BCUT2D eigenvalue weighted by Crippen LogP contribution is 2.21. The number of aromatic nitrogens is 3. The monoisotopic (exact) mass is 393 g/mol. The molecule has 1 atom stereocenters. The van der Waals surface area contributed by atoms with Gasteiger partial charge in [0.05, 0.1) is 6.04 Å². The number of primary amides is 1. The van der Waals surface area contributed by atoms with Crippen molar-refractivity contribution in [1.29, 1.82) is 0 Å². The number of carbonyl (C=O) groups excluding carboxylic acids is 1. The number of hydrogen-bond donors (Lipinski definition) is 2. The highest BCUT2D eigenvalue weighted by molar-refractivity contribution is 7.89. The average molecular weight is 393 g/mol. The molecule has 2 heterocycles. The van der Waals surface area contributed by atoms with Crippen LogP contribution in [0.1, 0.15) is 29.3 Å². The van der Waals surface area contributed by atoms with Crippen LogP contribution in [-0.2, 0) is 17.1 Å². The van der Waals surface area contributed by atoms with Gasteiger partial charge in [0.25, 0.3) is 5.91 Å². The van der Waals surface area contributed by atoms with E-state index < -0.39 is 27.8 Å². The number of rotatable bonds is 6. The summed E-state index contributed by atoms with van der Waals surface area (Å²) in [7, 11) is -2.45. The second kappa shape index (κ2) is 6.93. The van der Waals surface area contributed by atoms with Gasteiger partial charge in [-0.3, -0.25) is 4.79 Å². The summed E-state index contributed by atoms with van der Waals surface area (Å²) in [5.74, 6) is -0.912. The molecule has 1 aromatic carbocycles. The maximum absolute atomic E-state index is 13.0. The fourth-order valence-corrected chi connectivity index (χ4v) is 3.67. The Morgan fingerprint density at radius 3 is 2.59 bits per heavy atom. The summed E-state index contributed by atoms with van der Waals surface area (Å²) in [5, 5.41) is 3.77. The van der Waals surface area contributed by atoms with Crippen LogP contribution in [0, 0.1) is 5.82 Å². The molecule has 2 aromatic heterocycles. The third kappa shape index (κ3) is 3.88. The van der Waals surface area contributed by atoms with Crippen LogP contribution in [-0.4, -0.2) is 29.0 Å². The van der Waals surface area contributed by atoms with Crippen molar-refractivity contribution < 1.29 is 22.1 Å². The van der Waals surface area contributed by atoms with Crippen LogP contribution >= 0.6 is 0 Å². The molecule has 0 aliphatic rings. The summed E-state index contributed by atoms with van der Waals surface area (Å²) in [6.07, 6.45) is 1.27. The van der Waals surface area contributed by atoms with E-state index in [2.05, 4.69) is 14.9 Å². The highest BCUT2D eigenvalue weighted by atomic mass is 32.2. The van der Waals surface area contributed by atoms with E-state index in [1.165, 1.54) is 55.1 Å². The topological polar surface area (TPSA) is 133 Å². The summed E-state index contributed by atoms with van der Waals surface area (Å²) in [6, 6.07) is 5.80. The molecule has 3 aromatic rings. The maximum Gasteiger partial charge on any atom is 0.265 e. The molecule has 11 heteroatoms. The van der Waals surface area contributed by atoms with E-state index >= 15 is 0 Å². The summed E-state index contributed by atoms with van der Waals surface area (Å²) in [4.78, 5) is 15.3. The van der Waals surface area contributed by atoms with E-state index in [1.54, 1.807) is 0 Å². The Morgan fingerprint density at radius 1 is 1.33 bits per heavy atom. The zero-order valence-electron chi connectivity index (χ0n) is 14.4. The molecule has 142 valence electrons. The van der Waals surface area contributed by atoms with Crippen molar-refractivity contribution in [2.24, 2.45) is 12.8 Å². The molecule has 0 bridgehead atoms. The Balaban J connectivity index is 1.80. The lowest BCUT2D eigenvalue weighted by Gasteiger charge is -2.09. The first kappa shape index (κ1) is 18.7. The van der Waals surface area contributed by atoms with Gasteiger partial charge in [-0.1, -0.05) is 5.16 Å². The Bertz CT molecular complexity index is 1090. The molecular weight excluding hydrogens is 377 g/mol. The molecule has 0 saturated heterocycles. The molecule has 0 spiro atoms. The molecule has 0 aliphatic carbocycles. The third-order valence-corrected chi connectivity index (χ3v) is 5.30. The van der Waals surface area contributed by atoms with Gasteiger partial charge in [-0.05, 0) is 37.3 Å². The number of nitrogens with two attached hydrogens (primary N) is 1. The van der Waals surface area contributed by atoms with E-state index in [1.807, 2.05) is 0 Å². The van der Waals surface area contributed by atoms with Crippen molar-refractivity contribution in [1.82, 2.24) is 19.4 Å². The fraction of sp³-hybridized carbons (Fsp3) is 0.188. The number of nitrogens with zero attached hydrogens (tertiary/aromatic N) is 3. The van der Waals surface area contributed by atoms with E-state index in [0.29, 0.717) is 5.56 Å². The number of carbonyl (C=O) groups is 1. The van der Waals surface area contributed by atoms with Gasteiger partial charge < -0.3 is 14.8 Å². The average Bonchev–Trinajstić information content (AvgIpc) is 3.22. The standard InChI is InChI=1S/C16H16FN5O4S/c1-9(16-19-15(20-26-16)10-3-5-11(17)6-4-10)21-27(24,25)12-7-13(14(18)23)22(2)8-12/h3-9,21H,1-2H3,(H2,18,23). The highest BCUT2D eigenvalue weighted by Gasteiger charge is 2.25. The van der Waals surface area contributed by atoms with Crippen molar-refractivity contribution in [3.63, 3.8) is 0 Å². The van der Waals surface area contributed by atoms with Gasteiger partial charge in [0.1, 0.15) is 16.4 Å². The normalized spacial score (nSPS) is 12.9. The maximum atomic E-state index is 13.0. The third-order valence-electron chi connectivity index (χ3n) is 3.79. The first-order valence-electron chi connectivity index (χ1n) is 7.75. The predicted molar refractivity (Wildman–Crippen MR) is 92.4 cm³/mol. The molecular formula is C16H16FN5O4S. The minimum atomic E-state index is -3.96. The van der Waals surface area contributed by atoms with Gasteiger partial charge in [0.15, 0.2) is 0 Å². The Labute approximate surface area is 154 Å². The molecule has 3 rings (SSSR count). The van der Waals surface area contributed by atoms with Gasteiger partial charge in [-0.2, -0.15) is 9.71 Å². The van der Waals surface area contributed by atoms with E-state index in [4.69, 9.17) is 10.3 Å². The van der Waals surface area contributed by atoms with E-state index in [9.17, 15) is 17.6 Å². The van der Waals surface area contributed by atoms with Crippen molar-refractivity contribution >= 4 is 15.9 Å². The number of hydrogen-bond acceptors (Lipinski definition) is 6. The van der Waals surface area contributed by atoms with Gasteiger partial charge in [0, 0.05) is 18.8 Å². The molecule has 0 aliphatic heterocycles. The lowest BCUT2D eigenvalue weighted by molar-refractivity contribution is 0.0992. The molecule has 9 nitrogen and oxygen atoms in total. The Kier molecular flexibility index (Phi) is 4.81. The number of aryl methyl sites for hydroxylation is 1. The number of benzene rings is 1. The van der Waals surface area contributed by atoms with Crippen LogP contribution in [0.3, 0.4) is 0 Å². The lowest BCUT2D eigenvalue weighted by Crippen LogP contribution is -2.26. The van der Waals surface area contributed by atoms with Crippen LogP contribution < -0.4 is 10.5 Å². The zero-order valence-corrected chi connectivity index (χ0v) is 15.2. The minimum absolute atomic E-state index is 0.0314. The Morgan fingerprint density at radius 2 is 2.00 bits per heavy atom. The molecule has 3 N–H and O–H groups in total. The van der Waals surface area contributed by atoms with Gasteiger partial charge >= 0.3 is 0 Å². The second-order valence-electron chi connectivity index (χ2n) is 5.84. The quantitative estimate of drug-likeness (QED) is 0.649. The van der Waals surface area contributed by atoms with Crippen LogP contribution in [0.15, 0.2) is 45.9 Å². The summed E-state index contributed by atoms with van der Waals surface area (Å²) in [5.41, 5.74) is 5.78. The summed E-state index contributed by atoms with van der Waals surface area (Å²) >= 11 is 0. The first-order valence-corrected chi connectivity index (χ1v) is 9.24. The number of amides is 1. The molecule has 1 unspecified atom stereocenters. The minimum Gasteiger partial charge on any atom is -0.364 e. The van der Waals surface area contributed by atoms with Crippen molar-refractivity contribution in [3.8, 4) is 11.4 Å². The first-order chi connectivity index (χ1) is 12.7. The second-order valence-corrected chi connectivity index (χ2v) is 7.56. The molecule has 0 radical (unpaired) electrons. The van der Waals surface area contributed by atoms with Crippen LogP contribution in [0.2, 0.25) is 0 Å². The predicted octanol–water partition coefficient (Wildman–Crippen LogP) is 1.35. The number of sulfonamides is 1. The lowest BCUT2D eigenvalue weighted by atomic mass is 10.2. The SMILES string of the molecule is CC(NS(=O)(=O)c1cc(C(N)=O)n(C)c1)c1nc(-c2ccc(F)cc2)no1. The van der Waals surface area contributed by atoms with E-state index in [0.717, 1.165) is 0 Å². The van der Waals surface area contributed by atoms with Crippen LogP contribution in [0.4, 0.5) is 4.39 Å². The number of nitrogens with one attached hydrogen (secondary N) is 1. The van der Waals surface area contributed by atoms with Crippen LogP contribution in [0.5, 0.6) is 0 Å². The summed E-state index contributed by atoms with van der Waals surface area (Å²) < 4.78 is 46.8. The molecule has 27 heavy (non-hydrogen) atoms. The van der Waals surface area contributed by atoms with Crippen molar-refractivity contribution in [2.75, 3.05) is 0 Å². The van der Waals surface area contributed by atoms with Crippen molar-refractivity contribution in [3.05, 3.63) is 53.9 Å². The summed E-state index contributed by atoms with van der Waals surface area (Å²) in [6.45, 7) is 1.53. The fourth-order valence-electron chi connectivity index (χ4n) is 2.40. The molecule has 1 amide bonds. The van der Waals surface area contributed by atoms with Gasteiger partial charge in [0.2, 0.25) is 21.7 Å². The molecule has 0 fully saturated rings. The zero-order chi connectivity index (χ0) is 19.8. The largest absolute Gasteiger partial charge is 0.364 e. The van der Waals surface area contributed by atoms with E-state index in [-0.39, 0.29) is 22.3 Å². The van der Waals surface area contributed by atoms with Gasteiger partial charge in [-0.25, -0.2) is 12.8 Å². The van der Waals surface area contributed by atoms with Crippen LogP contribution in [0.25, 0.3) is 11.4 Å². The molecule has 0 saturated carbocycles. The Hall–Kier alpha value is -3.05. The number of halogens is 1.